The van der Waals surface area contributed by atoms with Crippen LogP contribution < -0.4 is 5.32 Å². The monoisotopic (exact) mass is 441 g/mol. The molecule has 0 saturated heterocycles. The van der Waals surface area contributed by atoms with Gasteiger partial charge in [-0.05, 0) is 58.7 Å². The summed E-state index contributed by atoms with van der Waals surface area (Å²) < 4.78 is 6.80. The van der Waals surface area contributed by atoms with Crippen LogP contribution >= 0.6 is 0 Å². The summed E-state index contributed by atoms with van der Waals surface area (Å²) in [6.45, 7) is 0. The number of anilines is 2. The van der Waals surface area contributed by atoms with Crippen LogP contribution in [0.25, 0.3) is 43.5 Å². The molecule has 1 fully saturated rings. The van der Waals surface area contributed by atoms with Crippen molar-refractivity contribution in [2.24, 2.45) is 0 Å². The topological polar surface area (TPSA) is 25.2 Å². The Hall–Kier alpha value is -3.78. The summed E-state index contributed by atoms with van der Waals surface area (Å²) in [5.74, 6) is 0.580. The fourth-order valence-electron chi connectivity index (χ4n) is 5.97. The van der Waals surface area contributed by atoms with E-state index in [1.165, 1.54) is 70.0 Å². The first-order valence-electron chi connectivity index (χ1n) is 12.5. The third kappa shape index (κ3) is 3.09. The summed E-state index contributed by atoms with van der Waals surface area (Å²) in [6.07, 6.45) is 6.49. The Morgan fingerprint density at radius 2 is 1.26 bits per heavy atom. The average Bonchev–Trinajstić information content (AvgIpc) is 3.30. The number of para-hydroxylation sites is 1. The Balaban J connectivity index is 1.48. The highest BCUT2D eigenvalue weighted by Gasteiger charge is 2.23. The van der Waals surface area contributed by atoms with Crippen molar-refractivity contribution in [3.05, 3.63) is 96.6 Å². The quantitative estimate of drug-likeness (QED) is 0.296. The minimum Gasteiger partial charge on any atom is -0.454 e. The Kier molecular flexibility index (Phi) is 4.58. The maximum atomic E-state index is 6.80. The summed E-state index contributed by atoms with van der Waals surface area (Å²) in [5.41, 5.74) is 5.53. The smallest absolute Gasteiger partial charge is 0.158 e. The molecule has 5 aromatic carbocycles. The van der Waals surface area contributed by atoms with Crippen molar-refractivity contribution >= 4 is 54.9 Å². The van der Waals surface area contributed by atoms with E-state index < -0.39 is 0 Å². The molecule has 7 rings (SSSR count). The SMILES string of the molecule is c1ccc2c(Nc3cccc4c3oc3c(C5CCCCC5)cc5ccccc5c34)cccc2c1. The van der Waals surface area contributed by atoms with Gasteiger partial charge in [-0.15, -0.1) is 0 Å². The van der Waals surface area contributed by atoms with Gasteiger partial charge in [-0.2, -0.15) is 0 Å². The first-order valence-corrected chi connectivity index (χ1v) is 12.5. The van der Waals surface area contributed by atoms with Gasteiger partial charge in [-0.3, -0.25) is 0 Å². The van der Waals surface area contributed by atoms with Gasteiger partial charge in [-0.25, -0.2) is 0 Å². The first-order chi connectivity index (χ1) is 16.9. The molecule has 1 heterocycles. The van der Waals surface area contributed by atoms with Crippen LogP contribution in [0.15, 0.2) is 95.4 Å². The Morgan fingerprint density at radius 1 is 0.588 bits per heavy atom. The van der Waals surface area contributed by atoms with Crippen LogP contribution in [-0.4, -0.2) is 0 Å². The Bertz CT molecular complexity index is 1660. The van der Waals surface area contributed by atoms with E-state index in [0.29, 0.717) is 5.92 Å². The van der Waals surface area contributed by atoms with E-state index in [9.17, 15) is 0 Å². The number of furan rings is 1. The molecule has 166 valence electrons. The molecular formula is C32H27NO. The van der Waals surface area contributed by atoms with Gasteiger partial charge in [0.15, 0.2) is 5.58 Å². The summed E-state index contributed by atoms with van der Waals surface area (Å²) >= 11 is 0. The van der Waals surface area contributed by atoms with Gasteiger partial charge in [0.05, 0.1) is 5.69 Å². The van der Waals surface area contributed by atoms with E-state index in [4.69, 9.17) is 4.42 Å². The van der Waals surface area contributed by atoms with E-state index in [1.807, 2.05) is 0 Å². The van der Waals surface area contributed by atoms with Crippen molar-refractivity contribution < 1.29 is 4.42 Å². The van der Waals surface area contributed by atoms with E-state index in [2.05, 4.69) is 96.3 Å². The zero-order valence-electron chi connectivity index (χ0n) is 19.2. The van der Waals surface area contributed by atoms with Crippen LogP contribution in [0.5, 0.6) is 0 Å². The Morgan fingerprint density at radius 3 is 2.15 bits per heavy atom. The van der Waals surface area contributed by atoms with E-state index in [-0.39, 0.29) is 0 Å². The minimum absolute atomic E-state index is 0.580. The predicted octanol–water partition coefficient (Wildman–Crippen LogP) is 9.68. The standard InChI is InChI=1S/C32H27NO/c1-2-10-22(11-3-1)27-20-23-13-5-7-16-25(23)30-26-17-9-19-29(31(26)34-32(27)30)33-28-18-8-14-21-12-4-6-15-24(21)28/h4-9,12-20,22,33H,1-3,10-11H2. The van der Waals surface area contributed by atoms with Crippen molar-refractivity contribution in [3.63, 3.8) is 0 Å². The lowest BCUT2D eigenvalue weighted by Crippen LogP contribution is -2.04. The van der Waals surface area contributed by atoms with E-state index in [1.54, 1.807) is 0 Å². The van der Waals surface area contributed by atoms with E-state index >= 15 is 0 Å². The normalized spacial score (nSPS) is 14.9. The molecule has 1 aliphatic carbocycles. The number of fused-ring (bicyclic) bond motifs is 6. The number of hydrogen-bond donors (Lipinski definition) is 1. The van der Waals surface area contributed by atoms with Gasteiger partial charge < -0.3 is 9.73 Å². The van der Waals surface area contributed by atoms with Crippen LogP contribution in [0.3, 0.4) is 0 Å². The summed E-state index contributed by atoms with van der Waals surface area (Å²) in [7, 11) is 0. The molecule has 0 radical (unpaired) electrons. The second kappa shape index (κ2) is 7.92. The van der Waals surface area contributed by atoms with Gasteiger partial charge in [0.2, 0.25) is 0 Å². The van der Waals surface area contributed by atoms with Gasteiger partial charge in [-0.1, -0.05) is 92.1 Å². The van der Waals surface area contributed by atoms with Gasteiger partial charge in [0.1, 0.15) is 5.58 Å². The summed E-state index contributed by atoms with van der Waals surface area (Å²) in [4.78, 5) is 0. The highest BCUT2D eigenvalue weighted by Crippen LogP contribution is 2.45. The van der Waals surface area contributed by atoms with Crippen LogP contribution in [-0.2, 0) is 0 Å². The van der Waals surface area contributed by atoms with Crippen LogP contribution in [0, 0.1) is 0 Å². The molecule has 2 heteroatoms. The molecule has 6 aromatic rings. The molecule has 0 atom stereocenters. The number of hydrogen-bond acceptors (Lipinski definition) is 2. The molecule has 0 bridgehead atoms. The molecule has 34 heavy (non-hydrogen) atoms. The number of benzene rings is 5. The van der Waals surface area contributed by atoms with Gasteiger partial charge in [0, 0.05) is 21.8 Å². The number of nitrogens with one attached hydrogen (secondary N) is 1. The van der Waals surface area contributed by atoms with Crippen molar-refractivity contribution in [3.8, 4) is 0 Å². The van der Waals surface area contributed by atoms with Crippen LogP contribution in [0.2, 0.25) is 0 Å². The lowest BCUT2D eigenvalue weighted by Gasteiger charge is -2.22. The molecule has 2 nitrogen and oxygen atoms in total. The number of rotatable bonds is 3. The van der Waals surface area contributed by atoms with Gasteiger partial charge >= 0.3 is 0 Å². The molecular weight excluding hydrogens is 414 g/mol. The average molecular weight is 442 g/mol. The van der Waals surface area contributed by atoms with Crippen molar-refractivity contribution in [2.45, 2.75) is 38.0 Å². The summed E-state index contributed by atoms with van der Waals surface area (Å²) in [5, 5.41) is 11.2. The lowest BCUT2D eigenvalue weighted by atomic mass is 9.82. The van der Waals surface area contributed by atoms with Crippen LogP contribution in [0.4, 0.5) is 11.4 Å². The minimum atomic E-state index is 0.580. The molecule has 1 saturated carbocycles. The molecule has 0 amide bonds. The van der Waals surface area contributed by atoms with E-state index in [0.717, 1.165) is 22.5 Å². The molecule has 0 unspecified atom stereocenters. The lowest BCUT2D eigenvalue weighted by molar-refractivity contribution is 0.442. The van der Waals surface area contributed by atoms with Gasteiger partial charge in [0.25, 0.3) is 0 Å². The maximum absolute atomic E-state index is 6.80. The molecule has 1 aromatic heterocycles. The zero-order chi connectivity index (χ0) is 22.5. The fourth-order valence-corrected chi connectivity index (χ4v) is 5.97. The largest absolute Gasteiger partial charge is 0.454 e. The summed E-state index contributed by atoms with van der Waals surface area (Å²) in [6, 6.07) is 32.6. The van der Waals surface area contributed by atoms with Crippen LogP contribution in [0.1, 0.15) is 43.6 Å². The molecule has 0 spiro atoms. The second-order valence-corrected chi connectivity index (χ2v) is 9.66. The third-order valence-corrected chi connectivity index (χ3v) is 7.62. The highest BCUT2D eigenvalue weighted by atomic mass is 16.3. The molecule has 0 aliphatic heterocycles. The second-order valence-electron chi connectivity index (χ2n) is 9.66. The zero-order valence-corrected chi connectivity index (χ0v) is 19.2. The third-order valence-electron chi connectivity index (χ3n) is 7.62. The molecule has 1 aliphatic rings. The first kappa shape index (κ1) is 19.7. The predicted molar refractivity (Wildman–Crippen MR) is 144 cm³/mol. The maximum Gasteiger partial charge on any atom is 0.158 e. The highest BCUT2D eigenvalue weighted by molar-refractivity contribution is 6.21. The van der Waals surface area contributed by atoms with Crippen molar-refractivity contribution in [1.29, 1.82) is 0 Å². The fraction of sp³-hybridized carbons (Fsp3) is 0.188. The van der Waals surface area contributed by atoms with Crippen molar-refractivity contribution in [1.82, 2.24) is 0 Å². The molecule has 1 N–H and O–H groups in total. The Labute approximate surface area is 199 Å². The van der Waals surface area contributed by atoms with Crippen molar-refractivity contribution in [2.75, 3.05) is 5.32 Å².